The van der Waals surface area contributed by atoms with Crippen LogP contribution in [0.3, 0.4) is 0 Å². The summed E-state index contributed by atoms with van der Waals surface area (Å²) in [6.07, 6.45) is 1.59. The summed E-state index contributed by atoms with van der Waals surface area (Å²) in [7, 11) is 1.61. The number of methoxy groups -OCH3 is 1. The summed E-state index contributed by atoms with van der Waals surface area (Å²) in [4.78, 5) is 23.1. The second-order valence-corrected chi connectivity index (χ2v) is 6.10. The molecule has 0 saturated heterocycles. The molecule has 0 spiro atoms. The molecule has 2 aromatic carbocycles. The zero-order valence-electron chi connectivity index (χ0n) is 16.5. The molecule has 0 aliphatic heterocycles. The van der Waals surface area contributed by atoms with Crippen molar-refractivity contribution in [3.05, 3.63) is 72.6 Å². The van der Waals surface area contributed by atoms with E-state index in [1.54, 1.807) is 19.4 Å². The normalized spacial score (nSPS) is 10.3. The highest BCUT2D eigenvalue weighted by Gasteiger charge is 2.13. The van der Waals surface area contributed by atoms with E-state index in [1.807, 2.05) is 66.4 Å². The van der Waals surface area contributed by atoms with E-state index in [2.05, 4.69) is 15.3 Å². The Morgan fingerprint density at radius 1 is 1.03 bits per heavy atom. The van der Waals surface area contributed by atoms with Crippen molar-refractivity contribution in [2.75, 3.05) is 31.7 Å². The fraction of sp³-hybridized carbons (Fsp3) is 0.227. The third kappa shape index (κ3) is 5.44. The maximum atomic E-state index is 12.4. The molecule has 0 radical (unpaired) electrons. The van der Waals surface area contributed by atoms with Crippen molar-refractivity contribution >= 4 is 17.5 Å². The van der Waals surface area contributed by atoms with Crippen molar-refractivity contribution in [3.63, 3.8) is 0 Å². The Kier molecular flexibility index (Phi) is 7.00. The van der Waals surface area contributed by atoms with Gasteiger partial charge in [0.1, 0.15) is 23.8 Å². The molecule has 1 amide bonds. The van der Waals surface area contributed by atoms with Gasteiger partial charge in [-0.05, 0) is 49.4 Å². The number of para-hydroxylation sites is 1. The van der Waals surface area contributed by atoms with E-state index in [1.165, 1.54) is 0 Å². The Labute approximate surface area is 170 Å². The van der Waals surface area contributed by atoms with E-state index < -0.39 is 0 Å². The number of carbonyl (C=O) groups is 1. The SMILES string of the molecule is CCN(c1ccccc1)c1nccc(C(=O)NCCOc2ccc(OC)cc2)n1. The molecular formula is C22H24N4O3. The van der Waals surface area contributed by atoms with Crippen molar-refractivity contribution in [2.24, 2.45) is 0 Å². The smallest absolute Gasteiger partial charge is 0.270 e. The highest BCUT2D eigenvalue weighted by atomic mass is 16.5. The van der Waals surface area contributed by atoms with Crippen molar-refractivity contribution in [2.45, 2.75) is 6.92 Å². The van der Waals surface area contributed by atoms with Crippen LogP contribution in [0.2, 0.25) is 0 Å². The number of rotatable bonds is 9. The van der Waals surface area contributed by atoms with Gasteiger partial charge >= 0.3 is 0 Å². The van der Waals surface area contributed by atoms with E-state index in [0.29, 0.717) is 37.1 Å². The standard InChI is InChI=1S/C22H24N4O3/c1-3-26(17-7-5-4-6-8-17)22-24-14-13-20(25-22)21(27)23-15-16-29-19-11-9-18(28-2)10-12-19/h4-14H,3,15-16H2,1-2H3,(H,23,27). The van der Waals surface area contributed by atoms with Crippen LogP contribution in [-0.4, -0.2) is 42.7 Å². The minimum absolute atomic E-state index is 0.268. The van der Waals surface area contributed by atoms with Crippen LogP contribution in [0, 0.1) is 0 Å². The molecule has 3 aromatic rings. The number of hydrogen-bond acceptors (Lipinski definition) is 6. The van der Waals surface area contributed by atoms with E-state index in [-0.39, 0.29) is 5.91 Å². The maximum Gasteiger partial charge on any atom is 0.270 e. The minimum Gasteiger partial charge on any atom is -0.497 e. The number of nitrogens with zero attached hydrogens (tertiary/aromatic N) is 3. The number of ether oxygens (including phenoxy) is 2. The predicted molar refractivity (Wildman–Crippen MR) is 112 cm³/mol. The Bertz CT molecular complexity index is 917. The Hall–Kier alpha value is -3.61. The predicted octanol–water partition coefficient (Wildman–Crippen LogP) is 3.45. The first-order valence-corrected chi connectivity index (χ1v) is 9.42. The molecular weight excluding hydrogens is 368 g/mol. The molecule has 1 heterocycles. The zero-order chi connectivity index (χ0) is 20.5. The highest BCUT2D eigenvalue weighted by Crippen LogP contribution is 2.21. The third-order valence-electron chi connectivity index (χ3n) is 4.22. The number of aromatic nitrogens is 2. The van der Waals surface area contributed by atoms with Gasteiger partial charge in [-0.1, -0.05) is 18.2 Å². The molecule has 7 heteroatoms. The molecule has 0 aliphatic carbocycles. The number of carbonyl (C=O) groups excluding carboxylic acids is 1. The molecule has 0 aliphatic rings. The van der Waals surface area contributed by atoms with Crippen LogP contribution in [0.5, 0.6) is 11.5 Å². The van der Waals surface area contributed by atoms with Crippen LogP contribution in [-0.2, 0) is 0 Å². The number of hydrogen-bond donors (Lipinski definition) is 1. The Morgan fingerprint density at radius 3 is 2.45 bits per heavy atom. The summed E-state index contributed by atoms with van der Waals surface area (Å²) in [6, 6.07) is 18.7. The van der Waals surface area contributed by atoms with Crippen molar-refractivity contribution in [1.29, 1.82) is 0 Å². The van der Waals surface area contributed by atoms with E-state index in [4.69, 9.17) is 9.47 Å². The van der Waals surface area contributed by atoms with Gasteiger partial charge in [0, 0.05) is 18.4 Å². The summed E-state index contributed by atoms with van der Waals surface area (Å²) >= 11 is 0. The van der Waals surface area contributed by atoms with Gasteiger partial charge in [-0.15, -0.1) is 0 Å². The van der Waals surface area contributed by atoms with Crippen LogP contribution in [0.1, 0.15) is 17.4 Å². The molecule has 7 nitrogen and oxygen atoms in total. The second-order valence-electron chi connectivity index (χ2n) is 6.10. The second kappa shape index (κ2) is 10.1. The van der Waals surface area contributed by atoms with Crippen molar-refractivity contribution in [3.8, 4) is 11.5 Å². The fourth-order valence-corrected chi connectivity index (χ4v) is 2.75. The first-order valence-electron chi connectivity index (χ1n) is 9.42. The van der Waals surface area contributed by atoms with E-state index in [9.17, 15) is 4.79 Å². The summed E-state index contributed by atoms with van der Waals surface area (Å²) in [5.74, 6) is 1.70. The monoisotopic (exact) mass is 392 g/mol. The van der Waals surface area contributed by atoms with E-state index >= 15 is 0 Å². The van der Waals surface area contributed by atoms with Gasteiger partial charge < -0.3 is 19.7 Å². The summed E-state index contributed by atoms with van der Waals surface area (Å²) < 4.78 is 10.7. The van der Waals surface area contributed by atoms with Crippen LogP contribution < -0.4 is 19.7 Å². The fourth-order valence-electron chi connectivity index (χ4n) is 2.75. The lowest BCUT2D eigenvalue weighted by molar-refractivity contribution is 0.0942. The van der Waals surface area contributed by atoms with Gasteiger partial charge in [0.25, 0.3) is 5.91 Å². The Morgan fingerprint density at radius 2 is 1.76 bits per heavy atom. The van der Waals surface area contributed by atoms with Gasteiger partial charge in [-0.3, -0.25) is 4.79 Å². The molecule has 0 unspecified atom stereocenters. The lowest BCUT2D eigenvalue weighted by Gasteiger charge is -2.21. The number of nitrogens with one attached hydrogen (secondary N) is 1. The van der Waals surface area contributed by atoms with Crippen LogP contribution in [0.25, 0.3) is 0 Å². The molecule has 1 aromatic heterocycles. The first-order chi connectivity index (χ1) is 14.2. The van der Waals surface area contributed by atoms with Gasteiger partial charge in [-0.25, -0.2) is 9.97 Å². The van der Waals surface area contributed by atoms with Gasteiger partial charge in [0.15, 0.2) is 0 Å². The Balaban J connectivity index is 1.56. The van der Waals surface area contributed by atoms with Crippen molar-refractivity contribution in [1.82, 2.24) is 15.3 Å². The molecule has 150 valence electrons. The van der Waals surface area contributed by atoms with Crippen LogP contribution in [0.4, 0.5) is 11.6 Å². The molecule has 0 saturated carbocycles. The molecule has 1 N–H and O–H groups in total. The molecule has 0 fully saturated rings. The van der Waals surface area contributed by atoms with Gasteiger partial charge in [-0.2, -0.15) is 0 Å². The summed E-state index contributed by atoms with van der Waals surface area (Å²) in [5.41, 5.74) is 1.29. The summed E-state index contributed by atoms with van der Waals surface area (Å²) in [6.45, 7) is 3.41. The average Bonchev–Trinajstić information content (AvgIpc) is 2.78. The van der Waals surface area contributed by atoms with Crippen LogP contribution >= 0.6 is 0 Å². The van der Waals surface area contributed by atoms with Crippen molar-refractivity contribution < 1.29 is 14.3 Å². The lowest BCUT2D eigenvalue weighted by Crippen LogP contribution is -2.29. The molecule has 0 atom stereocenters. The molecule has 0 bridgehead atoms. The maximum absolute atomic E-state index is 12.4. The largest absolute Gasteiger partial charge is 0.497 e. The lowest BCUT2D eigenvalue weighted by atomic mass is 10.3. The first kappa shape index (κ1) is 20.1. The minimum atomic E-state index is -0.268. The number of anilines is 2. The van der Waals surface area contributed by atoms with E-state index in [0.717, 1.165) is 11.4 Å². The topological polar surface area (TPSA) is 76.6 Å². The van der Waals surface area contributed by atoms with Crippen LogP contribution in [0.15, 0.2) is 66.9 Å². The molecule has 29 heavy (non-hydrogen) atoms. The number of benzene rings is 2. The van der Waals surface area contributed by atoms with Gasteiger partial charge in [0.2, 0.25) is 5.95 Å². The molecule has 3 rings (SSSR count). The van der Waals surface area contributed by atoms with Gasteiger partial charge in [0.05, 0.1) is 13.7 Å². The summed E-state index contributed by atoms with van der Waals surface area (Å²) in [5, 5.41) is 2.82. The number of amides is 1. The highest BCUT2D eigenvalue weighted by molar-refractivity contribution is 5.92. The average molecular weight is 392 g/mol. The zero-order valence-corrected chi connectivity index (χ0v) is 16.5. The third-order valence-corrected chi connectivity index (χ3v) is 4.22. The quantitative estimate of drug-likeness (QED) is 0.562.